The van der Waals surface area contributed by atoms with Gasteiger partial charge in [-0.3, -0.25) is 0 Å². The molecule has 3 aromatic rings. The van der Waals surface area contributed by atoms with E-state index in [0.29, 0.717) is 34.5 Å². The smallest absolute Gasteiger partial charge is 0.417 e. The van der Waals surface area contributed by atoms with Gasteiger partial charge in [-0.2, -0.15) is 18.4 Å². The first-order chi connectivity index (χ1) is 13.7. The number of rotatable bonds is 4. The molecule has 1 heterocycles. The predicted molar refractivity (Wildman–Crippen MR) is 102 cm³/mol. The van der Waals surface area contributed by atoms with Gasteiger partial charge in [0.2, 0.25) is 0 Å². The van der Waals surface area contributed by atoms with Crippen molar-refractivity contribution >= 4 is 15.9 Å². The quantitative estimate of drug-likeness (QED) is 0.534. The lowest BCUT2D eigenvalue weighted by atomic mass is 10.1. The van der Waals surface area contributed by atoms with E-state index in [4.69, 9.17) is 10.00 Å². The highest BCUT2D eigenvalue weighted by atomic mass is 79.9. The first-order valence-electron chi connectivity index (χ1n) is 8.70. The number of nitriles is 1. The molecule has 4 rings (SSSR count). The molecule has 1 aliphatic rings. The van der Waals surface area contributed by atoms with Gasteiger partial charge < -0.3 is 9.30 Å². The zero-order valence-corrected chi connectivity index (χ0v) is 16.8. The zero-order chi connectivity index (χ0) is 20.8. The van der Waals surface area contributed by atoms with E-state index in [1.165, 1.54) is 18.2 Å². The maximum Gasteiger partial charge on any atom is 0.417 e. The van der Waals surface area contributed by atoms with E-state index in [1.807, 2.05) is 6.07 Å². The molecule has 5 nitrogen and oxygen atoms in total. The average Bonchev–Trinajstić information content (AvgIpc) is 3.36. The van der Waals surface area contributed by atoms with Crippen LogP contribution in [0.3, 0.4) is 0 Å². The normalized spacial score (nSPS) is 15.0. The van der Waals surface area contributed by atoms with Crippen LogP contribution in [0.1, 0.15) is 29.8 Å². The van der Waals surface area contributed by atoms with E-state index in [9.17, 15) is 13.2 Å². The molecule has 0 atom stereocenters. The zero-order valence-electron chi connectivity index (χ0n) is 15.2. The van der Waals surface area contributed by atoms with E-state index < -0.39 is 17.3 Å². The fourth-order valence-electron chi connectivity index (χ4n) is 3.23. The number of aromatic nitrogens is 3. The molecule has 9 heteroatoms. The van der Waals surface area contributed by atoms with Gasteiger partial charge in [-0.1, -0.05) is 18.2 Å². The van der Waals surface area contributed by atoms with Crippen LogP contribution < -0.4 is 4.74 Å². The number of alkyl halides is 3. The summed E-state index contributed by atoms with van der Waals surface area (Å²) in [7, 11) is 1.63. The molecular weight excluding hydrogens is 449 g/mol. The van der Waals surface area contributed by atoms with Crippen molar-refractivity contribution in [1.29, 1.82) is 5.26 Å². The van der Waals surface area contributed by atoms with Crippen LogP contribution in [-0.4, -0.2) is 14.8 Å². The molecule has 1 fully saturated rings. The van der Waals surface area contributed by atoms with Gasteiger partial charge in [0, 0.05) is 12.6 Å². The second-order valence-corrected chi connectivity index (χ2v) is 7.66. The summed E-state index contributed by atoms with van der Waals surface area (Å²) < 4.78 is 48.5. The molecule has 0 unspecified atom stereocenters. The van der Waals surface area contributed by atoms with Crippen LogP contribution in [-0.2, 0) is 18.8 Å². The second-order valence-electron chi connectivity index (χ2n) is 6.80. The van der Waals surface area contributed by atoms with Gasteiger partial charge in [-0.15, -0.1) is 10.2 Å². The molecular formula is C20H14BrF3N4O. The van der Waals surface area contributed by atoms with E-state index >= 15 is 0 Å². The summed E-state index contributed by atoms with van der Waals surface area (Å²) in [6, 6.07) is 12.3. The molecule has 29 heavy (non-hydrogen) atoms. The Hall–Kier alpha value is -2.86. The molecule has 148 valence electrons. The first-order valence-corrected chi connectivity index (χ1v) is 9.49. The topological polar surface area (TPSA) is 63.7 Å². The Morgan fingerprint density at radius 3 is 2.52 bits per heavy atom. The van der Waals surface area contributed by atoms with Gasteiger partial charge in [0.05, 0.1) is 21.7 Å². The van der Waals surface area contributed by atoms with Crippen molar-refractivity contribution in [3.8, 4) is 23.2 Å². The van der Waals surface area contributed by atoms with Crippen molar-refractivity contribution in [3.05, 3.63) is 63.9 Å². The minimum atomic E-state index is -4.50. The van der Waals surface area contributed by atoms with Crippen molar-refractivity contribution in [2.45, 2.75) is 24.6 Å². The predicted octanol–water partition coefficient (Wildman–Crippen LogP) is 5.20. The van der Waals surface area contributed by atoms with Crippen LogP contribution in [0.5, 0.6) is 5.75 Å². The fraction of sp³-hybridized carbons (Fsp3) is 0.250. The van der Waals surface area contributed by atoms with Gasteiger partial charge in [0.25, 0.3) is 0 Å². The van der Waals surface area contributed by atoms with Crippen molar-refractivity contribution in [2.75, 3.05) is 0 Å². The monoisotopic (exact) mass is 462 g/mol. The van der Waals surface area contributed by atoms with Gasteiger partial charge in [0.1, 0.15) is 5.75 Å². The van der Waals surface area contributed by atoms with Gasteiger partial charge in [0.15, 0.2) is 17.2 Å². The van der Waals surface area contributed by atoms with Crippen molar-refractivity contribution in [1.82, 2.24) is 14.8 Å². The molecule has 1 aromatic heterocycles. The number of ether oxygens (including phenoxy) is 1. The lowest BCUT2D eigenvalue weighted by Crippen LogP contribution is -2.21. The molecule has 0 spiro atoms. The number of hydrogen-bond acceptors (Lipinski definition) is 4. The summed E-state index contributed by atoms with van der Waals surface area (Å²) in [6.07, 6.45) is -3.18. The number of nitrogens with zero attached hydrogens (tertiary/aromatic N) is 4. The Labute approximate surface area is 172 Å². The molecule has 1 saturated carbocycles. The Morgan fingerprint density at radius 1 is 1.17 bits per heavy atom. The van der Waals surface area contributed by atoms with Crippen LogP contribution >= 0.6 is 15.9 Å². The van der Waals surface area contributed by atoms with Crippen LogP contribution in [0.15, 0.2) is 46.9 Å². The minimum absolute atomic E-state index is 0.0309. The maximum atomic E-state index is 13.4. The summed E-state index contributed by atoms with van der Waals surface area (Å²) in [5.41, 5.74) is -1.07. The third-order valence-corrected chi connectivity index (χ3v) is 5.45. The number of benzene rings is 2. The summed E-state index contributed by atoms with van der Waals surface area (Å²) in [6.45, 7) is 0. The standard InChI is InChI=1S/C20H14BrF3N4O/c1-28-17(13-4-2-3-5-14(13)20(22,23)24)26-27-18(28)19(8-9-19)29-16-7-6-12(11-25)10-15(16)21/h2-7,10H,8-9H2,1H3. The Kier molecular flexibility index (Phi) is 4.62. The maximum absolute atomic E-state index is 13.4. The first kappa shape index (κ1) is 19.5. The Balaban J connectivity index is 1.71. The molecule has 2 aromatic carbocycles. The van der Waals surface area contributed by atoms with Gasteiger partial charge in [-0.25, -0.2) is 0 Å². The molecule has 0 radical (unpaired) electrons. The van der Waals surface area contributed by atoms with Gasteiger partial charge >= 0.3 is 6.18 Å². The fourth-order valence-corrected chi connectivity index (χ4v) is 3.69. The highest BCUT2D eigenvalue weighted by molar-refractivity contribution is 9.10. The average molecular weight is 463 g/mol. The van der Waals surface area contributed by atoms with E-state index in [0.717, 1.165) is 6.07 Å². The molecule has 0 bridgehead atoms. The van der Waals surface area contributed by atoms with Gasteiger partial charge in [-0.05, 0) is 53.0 Å². The van der Waals surface area contributed by atoms with Crippen molar-refractivity contribution in [2.24, 2.45) is 7.05 Å². The summed E-state index contributed by atoms with van der Waals surface area (Å²) in [5, 5.41) is 17.2. The SMILES string of the molecule is Cn1c(-c2ccccc2C(F)(F)F)nnc1C1(Oc2ccc(C#N)cc2Br)CC1. The minimum Gasteiger partial charge on any atom is -0.478 e. The highest BCUT2D eigenvalue weighted by Crippen LogP contribution is 2.50. The third kappa shape index (κ3) is 3.49. The second kappa shape index (κ2) is 6.88. The molecule has 0 aliphatic heterocycles. The summed E-state index contributed by atoms with van der Waals surface area (Å²) in [5.74, 6) is 1.11. The molecule has 0 saturated heterocycles. The van der Waals surface area contributed by atoms with Crippen LogP contribution in [0.2, 0.25) is 0 Å². The molecule has 0 amide bonds. The van der Waals surface area contributed by atoms with Crippen molar-refractivity contribution < 1.29 is 17.9 Å². The summed E-state index contributed by atoms with van der Waals surface area (Å²) in [4.78, 5) is 0. The lowest BCUT2D eigenvalue weighted by molar-refractivity contribution is -0.137. The Bertz CT molecular complexity index is 1130. The van der Waals surface area contributed by atoms with Crippen molar-refractivity contribution in [3.63, 3.8) is 0 Å². The Morgan fingerprint density at radius 2 is 1.90 bits per heavy atom. The lowest BCUT2D eigenvalue weighted by Gasteiger charge is -2.19. The molecule has 0 N–H and O–H groups in total. The van der Waals surface area contributed by atoms with E-state index in [-0.39, 0.29) is 11.4 Å². The van der Waals surface area contributed by atoms with E-state index in [1.54, 1.807) is 29.8 Å². The largest absolute Gasteiger partial charge is 0.478 e. The highest BCUT2D eigenvalue weighted by Gasteiger charge is 2.52. The van der Waals surface area contributed by atoms with E-state index in [2.05, 4.69) is 26.1 Å². The summed E-state index contributed by atoms with van der Waals surface area (Å²) >= 11 is 3.39. The number of halogens is 4. The van der Waals surface area contributed by atoms with Crippen LogP contribution in [0.25, 0.3) is 11.4 Å². The van der Waals surface area contributed by atoms with Crippen LogP contribution in [0.4, 0.5) is 13.2 Å². The molecule has 1 aliphatic carbocycles. The third-order valence-electron chi connectivity index (χ3n) is 4.83. The van der Waals surface area contributed by atoms with Crippen LogP contribution in [0, 0.1) is 11.3 Å². The number of hydrogen-bond donors (Lipinski definition) is 0.